The molecular weight excluding hydrogens is 162 g/mol. The Morgan fingerprint density at radius 2 is 2.31 bits per heavy atom. The molecule has 0 aromatic carbocycles. The van der Waals surface area contributed by atoms with E-state index in [0.29, 0.717) is 0 Å². The maximum atomic E-state index is 4.82. The first kappa shape index (κ1) is 10.6. The van der Waals surface area contributed by atoms with E-state index in [9.17, 15) is 0 Å². The SMILES string of the molecule is CO/N=C1/CCCC(CC(C)C)C1. The van der Waals surface area contributed by atoms with Gasteiger partial charge >= 0.3 is 0 Å². The third kappa shape index (κ3) is 3.79. The summed E-state index contributed by atoms with van der Waals surface area (Å²) in [5.74, 6) is 1.66. The first-order chi connectivity index (χ1) is 6.22. The normalized spacial score (nSPS) is 26.8. The molecular formula is C11H21NO. The van der Waals surface area contributed by atoms with Crippen molar-refractivity contribution in [2.75, 3.05) is 7.11 Å². The van der Waals surface area contributed by atoms with Gasteiger partial charge in [-0.15, -0.1) is 0 Å². The van der Waals surface area contributed by atoms with Crippen LogP contribution in [0, 0.1) is 11.8 Å². The van der Waals surface area contributed by atoms with Crippen molar-refractivity contribution in [1.82, 2.24) is 0 Å². The Morgan fingerprint density at radius 3 is 2.92 bits per heavy atom. The van der Waals surface area contributed by atoms with E-state index in [1.54, 1.807) is 7.11 Å². The van der Waals surface area contributed by atoms with E-state index in [1.165, 1.54) is 25.0 Å². The van der Waals surface area contributed by atoms with Crippen molar-refractivity contribution in [3.63, 3.8) is 0 Å². The number of nitrogens with zero attached hydrogens (tertiary/aromatic N) is 1. The second-order valence-corrected chi connectivity index (χ2v) is 4.43. The van der Waals surface area contributed by atoms with Crippen molar-refractivity contribution in [2.24, 2.45) is 17.0 Å². The largest absolute Gasteiger partial charge is 0.399 e. The summed E-state index contributed by atoms with van der Waals surface area (Å²) in [5, 5.41) is 4.06. The molecule has 76 valence electrons. The maximum absolute atomic E-state index is 4.82. The molecule has 0 heterocycles. The lowest BCUT2D eigenvalue weighted by Crippen LogP contribution is -2.17. The van der Waals surface area contributed by atoms with Crippen LogP contribution in [0.4, 0.5) is 0 Å². The lowest BCUT2D eigenvalue weighted by molar-refractivity contribution is 0.208. The molecule has 1 aliphatic rings. The van der Waals surface area contributed by atoms with Gasteiger partial charge < -0.3 is 4.84 Å². The fourth-order valence-corrected chi connectivity index (χ4v) is 2.21. The molecule has 1 rings (SSSR count). The minimum absolute atomic E-state index is 0.812. The quantitative estimate of drug-likeness (QED) is 0.616. The molecule has 1 unspecified atom stereocenters. The molecule has 13 heavy (non-hydrogen) atoms. The second kappa shape index (κ2) is 5.25. The van der Waals surface area contributed by atoms with Gasteiger partial charge in [0.25, 0.3) is 0 Å². The first-order valence-corrected chi connectivity index (χ1v) is 5.31. The molecule has 0 aromatic rings. The predicted octanol–water partition coefficient (Wildman–Crippen LogP) is 3.23. The molecule has 2 nitrogen and oxygen atoms in total. The topological polar surface area (TPSA) is 21.6 Å². The summed E-state index contributed by atoms with van der Waals surface area (Å²) >= 11 is 0. The molecule has 0 aromatic heterocycles. The van der Waals surface area contributed by atoms with Crippen LogP contribution in [0.3, 0.4) is 0 Å². The van der Waals surface area contributed by atoms with Crippen LogP contribution in [0.2, 0.25) is 0 Å². The molecule has 1 fully saturated rings. The highest BCUT2D eigenvalue weighted by Crippen LogP contribution is 2.27. The third-order valence-electron chi connectivity index (χ3n) is 2.63. The highest BCUT2D eigenvalue weighted by Gasteiger charge is 2.19. The van der Waals surface area contributed by atoms with Crippen molar-refractivity contribution >= 4 is 5.71 Å². The summed E-state index contributed by atoms with van der Waals surface area (Å²) in [6.45, 7) is 4.59. The molecule has 1 saturated carbocycles. The Kier molecular flexibility index (Phi) is 4.26. The van der Waals surface area contributed by atoms with Gasteiger partial charge in [-0.1, -0.05) is 19.0 Å². The standard InChI is InChI=1S/C11H21NO/c1-9(2)7-10-5-4-6-11(8-10)12-13-3/h9-10H,4-8H2,1-3H3/b12-11-. The van der Waals surface area contributed by atoms with E-state index in [2.05, 4.69) is 19.0 Å². The first-order valence-electron chi connectivity index (χ1n) is 5.31. The van der Waals surface area contributed by atoms with Crippen molar-refractivity contribution in [2.45, 2.75) is 46.0 Å². The van der Waals surface area contributed by atoms with E-state index in [4.69, 9.17) is 4.84 Å². The van der Waals surface area contributed by atoms with Gasteiger partial charge in [-0.3, -0.25) is 0 Å². The Bertz CT molecular complexity index is 175. The van der Waals surface area contributed by atoms with Crippen molar-refractivity contribution < 1.29 is 4.84 Å². The zero-order chi connectivity index (χ0) is 9.68. The van der Waals surface area contributed by atoms with Crippen LogP contribution in [0.15, 0.2) is 5.16 Å². The zero-order valence-corrected chi connectivity index (χ0v) is 9.05. The monoisotopic (exact) mass is 183 g/mol. The molecule has 0 amide bonds. The van der Waals surface area contributed by atoms with Gasteiger partial charge in [0.1, 0.15) is 7.11 Å². The van der Waals surface area contributed by atoms with Crippen molar-refractivity contribution in [1.29, 1.82) is 0 Å². The van der Waals surface area contributed by atoms with Crippen LogP contribution < -0.4 is 0 Å². The van der Waals surface area contributed by atoms with Crippen LogP contribution in [-0.2, 0) is 4.84 Å². The number of oxime groups is 1. The van der Waals surface area contributed by atoms with Gasteiger partial charge in [0.2, 0.25) is 0 Å². The molecule has 2 heteroatoms. The Balaban J connectivity index is 2.37. The molecule has 0 radical (unpaired) electrons. The predicted molar refractivity (Wildman–Crippen MR) is 55.9 cm³/mol. The highest BCUT2D eigenvalue weighted by molar-refractivity contribution is 5.84. The van der Waals surface area contributed by atoms with Crippen molar-refractivity contribution in [3.8, 4) is 0 Å². The molecule has 1 atom stereocenters. The van der Waals surface area contributed by atoms with Crippen LogP contribution >= 0.6 is 0 Å². The average Bonchev–Trinajstić information content (AvgIpc) is 2.04. The number of hydrogen-bond acceptors (Lipinski definition) is 2. The van der Waals surface area contributed by atoms with E-state index < -0.39 is 0 Å². The molecule has 0 saturated heterocycles. The summed E-state index contributed by atoms with van der Waals surface area (Å²) < 4.78 is 0. The fraction of sp³-hybridized carbons (Fsp3) is 0.909. The minimum atomic E-state index is 0.812. The lowest BCUT2D eigenvalue weighted by Gasteiger charge is -2.24. The smallest absolute Gasteiger partial charge is 0.106 e. The van der Waals surface area contributed by atoms with Crippen LogP contribution in [0.25, 0.3) is 0 Å². The summed E-state index contributed by atoms with van der Waals surface area (Å²) in [6.07, 6.45) is 6.30. The number of rotatable bonds is 3. The van der Waals surface area contributed by atoms with Gasteiger partial charge in [-0.2, -0.15) is 0 Å². The van der Waals surface area contributed by atoms with Gasteiger partial charge in [0, 0.05) is 0 Å². The minimum Gasteiger partial charge on any atom is -0.399 e. The van der Waals surface area contributed by atoms with E-state index in [0.717, 1.165) is 24.7 Å². The second-order valence-electron chi connectivity index (χ2n) is 4.43. The molecule has 0 N–H and O–H groups in total. The zero-order valence-electron chi connectivity index (χ0n) is 9.05. The Hall–Kier alpha value is -0.530. The molecule has 0 spiro atoms. The van der Waals surface area contributed by atoms with Crippen molar-refractivity contribution in [3.05, 3.63) is 0 Å². The van der Waals surface area contributed by atoms with Gasteiger partial charge in [-0.05, 0) is 43.9 Å². The lowest BCUT2D eigenvalue weighted by atomic mass is 9.83. The average molecular weight is 183 g/mol. The highest BCUT2D eigenvalue weighted by atomic mass is 16.6. The molecule has 0 aliphatic heterocycles. The summed E-state index contributed by atoms with van der Waals surface area (Å²) in [4.78, 5) is 4.82. The third-order valence-corrected chi connectivity index (χ3v) is 2.63. The van der Waals surface area contributed by atoms with E-state index in [1.807, 2.05) is 0 Å². The summed E-state index contributed by atoms with van der Waals surface area (Å²) in [5.41, 5.74) is 1.26. The van der Waals surface area contributed by atoms with Crippen LogP contribution in [0.1, 0.15) is 46.0 Å². The van der Waals surface area contributed by atoms with E-state index >= 15 is 0 Å². The molecule has 0 bridgehead atoms. The Labute approximate surface area is 81.3 Å². The number of hydrogen-bond donors (Lipinski definition) is 0. The van der Waals surface area contributed by atoms with Gasteiger partial charge in [0.15, 0.2) is 0 Å². The van der Waals surface area contributed by atoms with Gasteiger partial charge in [-0.25, -0.2) is 0 Å². The fourth-order valence-electron chi connectivity index (χ4n) is 2.21. The summed E-state index contributed by atoms with van der Waals surface area (Å²) in [7, 11) is 1.64. The maximum Gasteiger partial charge on any atom is 0.106 e. The molecule has 1 aliphatic carbocycles. The summed E-state index contributed by atoms with van der Waals surface area (Å²) in [6, 6.07) is 0. The Morgan fingerprint density at radius 1 is 1.54 bits per heavy atom. The van der Waals surface area contributed by atoms with Gasteiger partial charge in [0.05, 0.1) is 5.71 Å². The van der Waals surface area contributed by atoms with Crippen LogP contribution in [-0.4, -0.2) is 12.8 Å². The van der Waals surface area contributed by atoms with E-state index in [-0.39, 0.29) is 0 Å². The van der Waals surface area contributed by atoms with Crippen LogP contribution in [0.5, 0.6) is 0 Å².